The van der Waals surface area contributed by atoms with Gasteiger partial charge in [0.1, 0.15) is 6.29 Å². The third-order valence-electron chi connectivity index (χ3n) is 3.23. The van der Waals surface area contributed by atoms with Crippen LogP contribution in [0.1, 0.15) is 26.7 Å². The molecule has 0 radical (unpaired) electrons. The van der Waals surface area contributed by atoms with Gasteiger partial charge in [-0.3, -0.25) is 4.90 Å². The molecule has 1 fully saturated rings. The van der Waals surface area contributed by atoms with Gasteiger partial charge < -0.3 is 9.53 Å². The van der Waals surface area contributed by atoms with E-state index in [0.717, 1.165) is 12.7 Å². The SMILES string of the molecule is CC(C)N(CC(F)(F)F)CC1(C=O)CCCOC1. The van der Waals surface area contributed by atoms with Gasteiger partial charge in [0, 0.05) is 19.2 Å². The molecule has 106 valence electrons. The molecule has 0 aromatic heterocycles. The van der Waals surface area contributed by atoms with Crippen LogP contribution in [0.2, 0.25) is 0 Å². The van der Waals surface area contributed by atoms with Crippen molar-refractivity contribution in [3.63, 3.8) is 0 Å². The number of ether oxygens (including phenoxy) is 1. The van der Waals surface area contributed by atoms with E-state index < -0.39 is 18.1 Å². The van der Waals surface area contributed by atoms with E-state index in [0.29, 0.717) is 13.0 Å². The van der Waals surface area contributed by atoms with Gasteiger partial charge in [-0.1, -0.05) is 0 Å². The van der Waals surface area contributed by atoms with Crippen LogP contribution in [0.5, 0.6) is 0 Å². The minimum absolute atomic E-state index is 0.105. The third-order valence-corrected chi connectivity index (χ3v) is 3.23. The molecule has 0 aromatic rings. The maximum atomic E-state index is 12.5. The summed E-state index contributed by atoms with van der Waals surface area (Å²) < 4.78 is 42.7. The largest absolute Gasteiger partial charge is 0.401 e. The first-order chi connectivity index (χ1) is 8.28. The normalized spacial score (nSPS) is 25.7. The van der Waals surface area contributed by atoms with Gasteiger partial charge in [0.25, 0.3) is 0 Å². The summed E-state index contributed by atoms with van der Waals surface area (Å²) in [5, 5.41) is 0. The summed E-state index contributed by atoms with van der Waals surface area (Å²) in [4.78, 5) is 12.5. The zero-order chi connectivity index (χ0) is 13.8. The molecule has 1 atom stereocenters. The summed E-state index contributed by atoms with van der Waals surface area (Å²) in [5.41, 5.74) is -0.784. The van der Waals surface area contributed by atoms with E-state index in [2.05, 4.69) is 0 Å². The summed E-state index contributed by atoms with van der Waals surface area (Å²) >= 11 is 0. The molecule has 1 aliphatic rings. The van der Waals surface area contributed by atoms with Crippen LogP contribution < -0.4 is 0 Å². The second kappa shape index (κ2) is 6.02. The van der Waals surface area contributed by atoms with Gasteiger partial charge in [-0.15, -0.1) is 0 Å². The minimum atomic E-state index is -4.25. The van der Waals surface area contributed by atoms with Crippen LogP contribution in [0.15, 0.2) is 0 Å². The molecule has 0 amide bonds. The van der Waals surface area contributed by atoms with E-state index >= 15 is 0 Å². The summed E-state index contributed by atoms with van der Waals surface area (Å²) in [6.45, 7) is 3.32. The quantitative estimate of drug-likeness (QED) is 0.716. The second-order valence-corrected chi connectivity index (χ2v) is 5.25. The first-order valence-corrected chi connectivity index (χ1v) is 6.13. The Bertz CT molecular complexity index is 273. The highest BCUT2D eigenvalue weighted by atomic mass is 19.4. The molecule has 1 aliphatic heterocycles. The number of carbonyl (C=O) groups excluding carboxylic acids is 1. The molecule has 0 aliphatic carbocycles. The molecule has 6 heteroatoms. The van der Waals surface area contributed by atoms with Crippen LogP contribution in [-0.4, -0.2) is 49.7 Å². The molecule has 0 N–H and O–H groups in total. The number of hydrogen-bond donors (Lipinski definition) is 0. The number of alkyl halides is 3. The average molecular weight is 267 g/mol. The standard InChI is InChI=1S/C12H20F3NO2/c1-10(2)16(7-12(13,14)15)6-11(8-17)4-3-5-18-9-11/h8,10H,3-7,9H2,1-2H3. The Morgan fingerprint density at radius 3 is 2.50 bits per heavy atom. The lowest BCUT2D eigenvalue weighted by Crippen LogP contribution is -2.49. The Labute approximate surface area is 105 Å². The first kappa shape index (κ1) is 15.4. The highest BCUT2D eigenvalue weighted by Gasteiger charge is 2.39. The van der Waals surface area contributed by atoms with Crippen molar-refractivity contribution >= 4 is 6.29 Å². The van der Waals surface area contributed by atoms with Crippen LogP contribution in [0.4, 0.5) is 13.2 Å². The number of nitrogens with zero attached hydrogens (tertiary/aromatic N) is 1. The van der Waals surface area contributed by atoms with Crippen LogP contribution in [-0.2, 0) is 9.53 Å². The molecule has 1 heterocycles. The van der Waals surface area contributed by atoms with Crippen molar-refractivity contribution in [1.29, 1.82) is 0 Å². The lowest BCUT2D eigenvalue weighted by Gasteiger charge is -2.38. The van der Waals surface area contributed by atoms with Gasteiger partial charge in [-0.05, 0) is 26.7 Å². The Morgan fingerprint density at radius 2 is 2.11 bits per heavy atom. The molecular weight excluding hydrogens is 247 g/mol. The van der Waals surface area contributed by atoms with E-state index in [1.54, 1.807) is 13.8 Å². The Hall–Kier alpha value is -0.620. The molecule has 1 saturated heterocycles. The van der Waals surface area contributed by atoms with E-state index in [9.17, 15) is 18.0 Å². The summed E-state index contributed by atoms with van der Waals surface area (Å²) in [6, 6.07) is -0.259. The van der Waals surface area contributed by atoms with Gasteiger partial charge in [0.2, 0.25) is 0 Å². The predicted molar refractivity (Wildman–Crippen MR) is 61.3 cm³/mol. The molecular formula is C12H20F3NO2. The van der Waals surface area contributed by atoms with Crippen molar-refractivity contribution in [2.45, 2.75) is 38.9 Å². The van der Waals surface area contributed by atoms with Gasteiger partial charge in [-0.25, -0.2) is 0 Å². The number of aldehydes is 1. The number of rotatable bonds is 5. The van der Waals surface area contributed by atoms with Crippen LogP contribution in [0.25, 0.3) is 0 Å². The van der Waals surface area contributed by atoms with Gasteiger partial charge in [-0.2, -0.15) is 13.2 Å². The number of carbonyl (C=O) groups is 1. The fourth-order valence-electron chi connectivity index (χ4n) is 2.18. The molecule has 1 unspecified atom stereocenters. The molecule has 1 rings (SSSR count). The highest BCUT2D eigenvalue weighted by molar-refractivity contribution is 5.60. The van der Waals surface area contributed by atoms with Crippen molar-refractivity contribution < 1.29 is 22.7 Å². The zero-order valence-electron chi connectivity index (χ0n) is 10.8. The van der Waals surface area contributed by atoms with Crippen molar-refractivity contribution in [2.75, 3.05) is 26.3 Å². The van der Waals surface area contributed by atoms with Crippen molar-refractivity contribution in [3.05, 3.63) is 0 Å². The van der Waals surface area contributed by atoms with Gasteiger partial charge in [0.05, 0.1) is 18.6 Å². The van der Waals surface area contributed by atoms with Crippen LogP contribution in [0.3, 0.4) is 0 Å². The number of halogens is 3. The van der Waals surface area contributed by atoms with Crippen molar-refractivity contribution in [2.24, 2.45) is 5.41 Å². The van der Waals surface area contributed by atoms with E-state index in [1.165, 1.54) is 4.90 Å². The molecule has 0 aromatic carbocycles. The lowest BCUT2D eigenvalue weighted by molar-refractivity contribution is -0.158. The summed E-state index contributed by atoms with van der Waals surface area (Å²) in [5.74, 6) is 0. The van der Waals surface area contributed by atoms with E-state index in [4.69, 9.17) is 4.74 Å². The Balaban J connectivity index is 2.71. The van der Waals surface area contributed by atoms with Gasteiger partial charge in [0.15, 0.2) is 0 Å². The maximum Gasteiger partial charge on any atom is 0.401 e. The van der Waals surface area contributed by atoms with Gasteiger partial charge >= 0.3 is 6.18 Å². The predicted octanol–water partition coefficient (Wildman–Crippen LogP) is 2.25. The Morgan fingerprint density at radius 1 is 1.44 bits per heavy atom. The maximum absolute atomic E-state index is 12.5. The van der Waals surface area contributed by atoms with E-state index in [1.807, 2.05) is 0 Å². The monoisotopic (exact) mass is 267 g/mol. The molecule has 18 heavy (non-hydrogen) atoms. The molecule has 0 spiro atoms. The summed E-state index contributed by atoms with van der Waals surface area (Å²) in [6.07, 6.45) is -2.17. The van der Waals surface area contributed by atoms with Crippen LogP contribution in [0, 0.1) is 5.41 Å². The molecule has 3 nitrogen and oxygen atoms in total. The fraction of sp³-hybridized carbons (Fsp3) is 0.917. The molecule has 0 bridgehead atoms. The van der Waals surface area contributed by atoms with Crippen LogP contribution >= 0.6 is 0 Å². The number of hydrogen-bond acceptors (Lipinski definition) is 3. The molecule has 0 saturated carbocycles. The fourth-order valence-corrected chi connectivity index (χ4v) is 2.18. The zero-order valence-corrected chi connectivity index (χ0v) is 10.8. The minimum Gasteiger partial charge on any atom is -0.380 e. The van der Waals surface area contributed by atoms with Crippen molar-refractivity contribution in [3.8, 4) is 0 Å². The average Bonchev–Trinajstić information content (AvgIpc) is 2.27. The lowest BCUT2D eigenvalue weighted by atomic mass is 9.83. The first-order valence-electron chi connectivity index (χ1n) is 6.13. The summed E-state index contributed by atoms with van der Waals surface area (Å²) in [7, 11) is 0. The topological polar surface area (TPSA) is 29.5 Å². The van der Waals surface area contributed by atoms with E-state index in [-0.39, 0.29) is 19.2 Å². The second-order valence-electron chi connectivity index (χ2n) is 5.25. The third kappa shape index (κ3) is 4.57. The van der Waals surface area contributed by atoms with Crippen molar-refractivity contribution in [1.82, 2.24) is 4.90 Å². The smallest absolute Gasteiger partial charge is 0.380 e. The Kier molecular flexibility index (Phi) is 5.16. The highest BCUT2D eigenvalue weighted by Crippen LogP contribution is 2.29.